The van der Waals surface area contributed by atoms with Gasteiger partial charge < -0.3 is 15.1 Å². The van der Waals surface area contributed by atoms with Crippen molar-refractivity contribution in [2.75, 3.05) is 6.54 Å². The molecule has 2 aliphatic rings. The molecule has 22 heavy (non-hydrogen) atoms. The van der Waals surface area contributed by atoms with Gasteiger partial charge >= 0.3 is 6.09 Å². The van der Waals surface area contributed by atoms with Gasteiger partial charge in [0, 0.05) is 24.3 Å². The lowest BCUT2D eigenvalue weighted by Crippen LogP contribution is -2.53. The van der Waals surface area contributed by atoms with Crippen LogP contribution in [0.5, 0.6) is 0 Å². The molecule has 1 spiro atoms. The Bertz CT molecular complexity index is 473. The van der Waals surface area contributed by atoms with Gasteiger partial charge in [0.2, 0.25) is 0 Å². The average molecular weight is 307 g/mol. The summed E-state index contributed by atoms with van der Waals surface area (Å²) in [6.45, 7) is 10.5. The second-order valence-electron chi connectivity index (χ2n) is 7.47. The molecule has 2 fully saturated rings. The minimum Gasteiger partial charge on any atom is -0.444 e. The first-order valence-corrected chi connectivity index (χ1v) is 8.18. The van der Waals surface area contributed by atoms with Crippen molar-refractivity contribution in [3.63, 3.8) is 0 Å². The Morgan fingerprint density at radius 2 is 2.09 bits per heavy atom. The third-order valence-corrected chi connectivity index (χ3v) is 4.32. The molecule has 0 aromatic heterocycles. The summed E-state index contributed by atoms with van der Waals surface area (Å²) in [5.74, 6) is 0. The Balaban J connectivity index is 1.91. The Hall–Kier alpha value is -1.52. The fourth-order valence-corrected chi connectivity index (χ4v) is 2.84. The van der Waals surface area contributed by atoms with E-state index >= 15 is 0 Å². The molecule has 2 rings (SSSR count). The minimum atomic E-state index is -0.434. The number of allylic oxidation sites excluding steroid dienone is 2. The van der Waals surface area contributed by atoms with Crippen LogP contribution >= 0.6 is 0 Å². The summed E-state index contributed by atoms with van der Waals surface area (Å²) >= 11 is 0. The van der Waals surface area contributed by atoms with Crippen molar-refractivity contribution in [1.29, 1.82) is 0 Å². The summed E-state index contributed by atoms with van der Waals surface area (Å²) in [7, 11) is 0. The van der Waals surface area contributed by atoms with Gasteiger partial charge in [-0.25, -0.2) is 4.79 Å². The highest BCUT2D eigenvalue weighted by atomic mass is 16.6. The second kappa shape index (κ2) is 6.31. The third kappa shape index (κ3) is 4.24. The standard InChI is InChI=1S/C17H29N3O2/c1-6-13(2)12-18-19-14-7-10-20(17(11-14)8-9-17)15(21)22-16(3,4)5/h6,12,14,19H,7-11H2,1-5H3/b13-6+,18-12-. The molecule has 0 bridgehead atoms. The van der Waals surface area contributed by atoms with Crippen LogP contribution in [0.15, 0.2) is 16.8 Å². The lowest BCUT2D eigenvalue weighted by Gasteiger charge is -2.40. The molecule has 5 heteroatoms. The van der Waals surface area contributed by atoms with Crippen molar-refractivity contribution in [2.45, 2.75) is 77.5 Å². The van der Waals surface area contributed by atoms with Gasteiger partial charge in [0.05, 0.1) is 0 Å². The van der Waals surface area contributed by atoms with Gasteiger partial charge in [-0.05, 0) is 65.9 Å². The van der Waals surface area contributed by atoms with Crippen LogP contribution < -0.4 is 5.43 Å². The van der Waals surface area contributed by atoms with Crippen LogP contribution in [-0.2, 0) is 4.74 Å². The van der Waals surface area contributed by atoms with Crippen molar-refractivity contribution in [2.24, 2.45) is 5.10 Å². The molecular weight excluding hydrogens is 278 g/mol. The number of ether oxygens (including phenoxy) is 1. The van der Waals surface area contributed by atoms with Crippen molar-refractivity contribution in [3.8, 4) is 0 Å². The number of amides is 1. The smallest absolute Gasteiger partial charge is 0.410 e. The van der Waals surface area contributed by atoms with E-state index in [-0.39, 0.29) is 11.6 Å². The van der Waals surface area contributed by atoms with Gasteiger partial charge in [-0.1, -0.05) is 6.08 Å². The van der Waals surface area contributed by atoms with Crippen LogP contribution in [0.25, 0.3) is 0 Å². The molecule has 5 nitrogen and oxygen atoms in total. The number of rotatable bonds is 3. The largest absolute Gasteiger partial charge is 0.444 e. The van der Waals surface area contributed by atoms with E-state index in [0.29, 0.717) is 6.04 Å². The van der Waals surface area contributed by atoms with Crippen LogP contribution in [0.2, 0.25) is 0 Å². The summed E-state index contributed by atoms with van der Waals surface area (Å²) in [5, 5.41) is 4.31. The summed E-state index contributed by atoms with van der Waals surface area (Å²) in [6.07, 6.45) is 7.71. The number of carbonyl (C=O) groups is 1. The first-order chi connectivity index (χ1) is 10.3. The number of hydrogen-bond acceptors (Lipinski definition) is 4. The molecule has 1 amide bonds. The van der Waals surface area contributed by atoms with Crippen LogP contribution in [-0.4, -0.2) is 40.9 Å². The van der Waals surface area contributed by atoms with Gasteiger partial charge in [-0.3, -0.25) is 0 Å². The van der Waals surface area contributed by atoms with E-state index < -0.39 is 5.60 Å². The molecule has 1 N–H and O–H groups in total. The number of nitrogens with one attached hydrogen (secondary N) is 1. The van der Waals surface area contributed by atoms with E-state index in [1.165, 1.54) is 0 Å². The number of likely N-dealkylation sites (tertiary alicyclic amines) is 1. The van der Waals surface area contributed by atoms with Crippen LogP contribution in [0.3, 0.4) is 0 Å². The van der Waals surface area contributed by atoms with Crippen LogP contribution in [0, 0.1) is 0 Å². The second-order valence-corrected chi connectivity index (χ2v) is 7.47. The maximum atomic E-state index is 12.4. The van der Waals surface area contributed by atoms with Gasteiger partial charge in [-0.15, -0.1) is 0 Å². The summed E-state index contributed by atoms with van der Waals surface area (Å²) in [6, 6.07) is 0.335. The molecule has 1 unspecified atom stereocenters. The molecule has 0 radical (unpaired) electrons. The molecule has 1 atom stereocenters. The minimum absolute atomic E-state index is 0.00338. The predicted octanol–water partition coefficient (Wildman–Crippen LogP) is 3.46. The topological polar surface area (TPSA) is 53.9 Å². The van der Waals surface area contributed by atoms with Gasteiger partial charge in [0.15, 0.2) is 0 Å². The van der Waals surface area contributed by atoms with Crippen molar-refractivity contribution in [3.05, 3.63) is 11.6 Å². The van der Waals surface area contributed by atoms with E-state index in [1.54, 1.807) is 0 Å². The molecule has 1 aliphatic heterocycles. The average Bonchev–Trinajstić information content (AvgIpc) is 3.16. The van der Waals surface area contributed by atoms with Crippen molar-refractivity contribution < 1.29 is 9.53 Å². The van der Waals surface area contributed by atoms with E-state index in [1.807, 2.05) is 51.8 Å². The Morgan fingerprint density at radius 3 is 2.64 bits per heavy atom. The van der Waals surface area contributed by atoms with E-state index in [2.05, 4.69) is 10.5 Å². The SMILES string of the molecule is C/C=C(C)/C=N\NC1CCN(C(=O)OC(C)(C)C)C2(CC2)C1. The summed E-state index contributed by atoms with van der Waals surface area (Å²) in [4.78, 5) is 14.3. The first kappa shape index (κ1) is 16.8. The molecule has 0 aromatic carbocycles. The maximum absolute atomic E-state index is 12.4. The number of piperidine rings is 1. The third-order valence-electron chi connectivity index (χ3n) is 4.32. The highest BCUT2D eigenvalue weighted by Gasteiger charge is 2.54. The number of carbonyl (C=O) groups excluding carboxylic acids is 1. The lowest BCUT2D eigenvalue weighted by atomic mass is 9.96. The van der Waals surface area contributed by atoms with E-state index in [0.717, 1.165) is 37.8 Å². The summed E-state index contributed by atoms with van der Waals surface area (Å²) in [5.41, 5.74) is 3.95. The molecule has 1 heterocycles. The molecule has 124 valence electrons. The highest BCUT2D eigenvalue weighted by molar-refractivity contribution is 5.77. The Kier molecular flexibility index (Phi) is 4.83. The zero-order valence-corrected chi connectivity index (χ0v) is 14.5. The van der Waals surface area contributed by atoms with Crippen LogP contribution in [0.4, 0.5) is 4.79 Å². The zero-order valence-electron chi connectivity index (χ0n) is 14.5. The predicted molar refractivity (Wildman–Crippen MR) is 89.0 cm³/mol. The van der Waals surface area contributed by atoms with Gasteiger partial charge in [0.1, 0.15) is 5.60 Å². The normalized spacial score (nSPS) is 24.7. The number of hydrazone groups is 1. The van der Waals surface area contributed by atoms with Gasteiger partial charge in [-0.2, -0.15) is 5.10 Å². The fraction of sp³-hybridized carbons (Fsp3) is 0.765. The zero-order chi connectivity index (χ0) is 16.4. The first-order valence-electron chi connectivity index (χ1n) is 8.18. The monoisotopic (exact) mass is 307 g/mol. The number of hydrogen-bond donors (Lipinski definition) is 1. The maximum Gasteiger partial charge on any atom is 0.410 e. The molecule has 0 aromatic rings. The Labute approximate surface area is 133 Å². The quantitative estimate of drug-likeness (QED) is 0.641. The van der Waals surface area contributed by atoms with E-state index in [4.69, 9.17) is 4.74 Å². The molecule has 1 saturated carbocycles. The van der Waals surface area contributed by atoms with Crippen molar-refractivity contribution >= 4 is 12.3 Å². The van der Waals surface area contributed by atoms with Gasteiger partial charge in [0.25, 0.3) is 0 Å². The Morgan fingerprint density at radius 1 is 1.41 bits per heavy atom. The lowest BCUT2D eigenvalue weighted by molar-refractivity contribution is 0.00260. The molecule has 1 saturated heterocycles. The van der Waals surface area contributed by atoms with E-state index in [9.17, 15) is 4.79 Å². The molecular formula is C17H29N3O2. The molecule has 1 aliphatic carbocycles. The summed E-state index contributed by atoms with van der Waals surface area (Å²) < 4.78 is 5.54. The van der Waals surface area contributed by atoms with Crippen LogP contribution in [0.1, 0.15) is 60.3 Å². The fourth-order valence-electron chi connectivity index (χ4n) is 2.84. The highest BCUT2D eigenvalue weighted by Crippen LogP contribution is 2.48. The van der Waals surface area contributed by atoms with Crippen molar-refractivity contribution in [1.82, 2.24) is 10.3 Å². The number of nitrogens with zero attached hydrogens (tertiary/aromatic N) is 2.